The molecule has 1 aromatic carbocycles. The van der Waals surface area contributed by atoms with Crippen LogP contribution in [0.25, 0.3) is 5.69 Å². The minimum Gasteiger partial charge on any atom is -0.381 e. The molecular weight excluding hydrogens is 254 g/mol. The number of ketones is 1. The third kappa shape index (κ3) is 2.26. The van der Waals surface area contributed by atoms with Crippen LogP contribution in [0.4, 0.5) is 0 Å². The first kappa shape index (κ1) is 13.0. The van der Waals surface area contributed by atoms with Crippen LogP contribution < -0.4 is 5.73 Å². The Labute approximate surface area is 117 Å². The number of rotatable bonds is 3. The van der Waals surface area contributed by atoms with E-state index in [1.807, 2.05) is 30.3 Å². The van der Waals surface area contributed by atoms with Crippen LogP contribution in [0.1, 0.15) is 23.3 Å². The molecule has 3 rings (SSSR count). The molecule has 0 aliphatic carbocycles. The first-order valence-electron chi connectivity index (χ1n) is 6.72. The minimum atomic E-state index is -0.842. The van der Waals surface area contributed by atoms with Crippen LogP contribution in [-0.4, -0.2) is 34.3 Å². The second-order valence-corrected chi connectivity index (χ2v) is 5.06. The predicted molar refractivity (Wildman–Crippen MR) is 74.9 cm³/mol. The third-order valence-corrected chi connectivity index (χ3v) is 3.71. The number of aromatic nitrogens is 2. The van der Waals surface area contributed by atoms with E-state index in [1.165, 1.54) is 0 Å². The van der Waals surface area contributed by atoms with Crippen molar-refractivity contribution in [3.05, 3.63) is 48.3 Å². The van der Waals surface area contributed by atoms with Gasteiger partial charge in [-0.3, -0.25) is 4.79 Å². The van der Waals surface area contributed by atoms with E-state index in [-0.39, 0.29) is 5.78 Å². The molecule has 0 spiro atoms. The summed E-state index contributed by atoms with van der Waals surface area (Å²) in [5.41, 5.74) is 6.81. The summed E-state index contributed by atoms with van der Waals surface area (Å²) in [5.74, 6) is -0.0675. The normalized spacial score (nSPS) is 17.9. The fourth-order valence-electron chi connectivity index (χ4n) is 2.47. The number of hydrogen-bond donors (Lipinski definition) is 1. The fraction of sp³-hybridized carbons (Fsp3) is 0.333. The molecule has 0 atom stereocenters. The number of ether oxygens (including phenoxy) is 1. The van der Waals surface area contributed by atoms with Crippen LogP contribution in [0.2, 0.25) is 0 Å². The van der Waals surface area contributed by atoms with Gasteiger partial charge < -0.3 is 10.5 Å². The number of benzene rings is 1. The van der Waals surface area contributed by atoms with Gasteiger partial charge in [-0.05, 0) is 31.0 Å². The molecule has 2 N–H and O–H groups in total. The number of carbonyl (C=O) groups excluding carboxylic acids is 1. The van der Waals surface area contributed by atoms with Crippen LogP contribution in [0.3, 0.4) is 0 Å². The smallest absolute Gasteiger partial charge is 0.201 e. The molecule has 1 aliphatic rings. The maximum absolute atomic E-state index is 12.7. The molecule has 5 nitrogen and oxygen atoms in total. The maximum atomic E-state index is 12.7. The Morgan fingerprint density at radius 3 is 2.60 bits per heavy atom. The van der Waals surface area contributed by atoms with E-state index in [2.05, 4.69) is 5.10 Å². The van der Waals surface area contributed by atoms with Gasteiger partial charge in [-0.1, -0.05) is 18.2 Å². The first-order valence-corrected chi connectivity index (χ1v) is 6.72. The van der Waals surface area contributed by atoms with Gasteiger partial charge in [0.15, 0.2) is 0 Å². The van der Waals surface area contributed by atoms with Crippen molar-refractivity contribution in [1.82, 2.24) is 9.78 Å². The maximum Gasteiger partial charge on any atom is 0.201 e. The Kier molecular flexibility index (Phi) is 3.38. The van der Waals surface area contributed by atoms with Gasteiger partial charge in [0.1, 0.15) is 5.69 Å². The molecule has 1 fully saturated rings. The zero-order valence-corrected chi connectivity index (χ0v) is 11.2. The van der Waals surface area contributed by atoms with Gasteiger partial charge in [0, 0.05) is 13.2 Å². The summed E-state index contributed by atoms with van der Waals surface area (Å²) in [4.78, 5) is 12.7. The molecule has 0 unspecified atom stereocenters. The predicted octanol–water partition coefficient (Wildman–Crippen LogP) is 1.56. The fourth-order valence-corrected chi connectivity index (χ4v) is 2.47. The lowest BCUT2D eigenvalue weighted by Gasteiger charge is -2.31. The van der Waals surface area contributed by atoms with Gasteiger partial charge in [-0.2, -0.15) is 5.10 Å². The van der Waals surface area contributed by atoms with Crippen molar-refractivity contribution in [3.63, 3.8) is 0 Å². The summed E-state index contributed by atoms with van der Waals surface area (Å²) in [5, 5.41) is 4.24. The Morgan fingerprint density at radius 1 is 1.20 bits per heavy atom. The van der Waals surface area contributed by atoms with Gasteiger partial charge in [-0.25, -0.2) is 4.68 Å². The largest absolute Gasteiger partial charge is 0.381 e. The van der Waals surface area contributed by atoms with E-state index in [4.69, 9.17) is 10.5 Å². The van der Waals surface area contributed by atoms with E-state index in [0.29, 0.717) is 31.7 Å². The molecule has 1 aromatic heterocycles. The Balaban J connectivity index is 1.95. The Hall–Kier alpha value is -1.98. The summed E-state index contributed by atoms with van der Waals surface area (Å²) in [6.45, 7) is 1.06. The van der Waals surface area contributed by atoms with Crippen LogP contribution in [0, 0.1) is 0 Å². The summed E-state index contributed by atoms with van der Waals surface area (Å²) in [6, 6.07) is 11.3. The molecule has 1 saturated heterocycles. The van der Waals surface area contributed by atoms with E-state index < -0.39 is 5.54 Å². The standard InChI is InChI=1S/C15H17N3O2/c16-15(7-10-20-11-8-15)14(19)13-6-9-17-18(13)12-4-2-1-3-5-12/h1-6,9H,7-8,10-11,16H2. The number of carbonyl (C=O) groups is 1. The molecule has 2 heterocycles. The molecule has 5 heteroatoms. The highest BCUT2D eigenvalue weighted by Crippen LogP contribution is 2.23. The average molecular weight is 271 g/mol. The lowest BCUT2D eigenvalue weighted by atomic mass is 9.85. The first-order chi connectivity index (χ1) is 9.71. The second-order valence-electron chi connectivity index (χ2n) is 5.06. The number of Topliss-reactive ketones (excluding diaryl/α,β-unsaturated/α-hetero) is 1. The van der Waals surface area contributed by atoms with Gasteiger partial charge in [-0.15, -0.1) is 0 Å². The quantitative estimate of drug-likeness (QED) is 0.860. The van der Waals surface area contributed by atoms with Gasteiger partial charge in [0.05, 0.1) is 17.4 Å². The van der Waals surface area contributed by atoms with Crippen LogP contribution >= 0.6 is 0 Å². The van der Waals surface area contributed by atoms with Gasteiger partial charge >= 0.3 is 0 Å². The summed E-state index contributed by atoms with van der Waals surface area (Å²) >= 11 is 0. The van der Waals surface area contributed by atoms with Gasteiger partial charge in [0.25, 0.3) is 0 Å². The van der Waals surface area contributed by atoms with Crippen molar-refractivity contribution in [2.75, 3.05) is 13.2 Å². The second kappa shape index (κ2) is 5.19. The molecule has 2 aromatic rings. The summed E-state index contributed by atoms with van der Waals surface area (Å²) in [6.07, 6.45) is 2.72. The van der Waals surface area contributed by atoms with E-state index in [9.17, 15) is 4.79 Å². The highest BCUT2D eigenvalue weighted by molar-refractivity contribution is 6.02. The van der Waals surface area contributed by atoms with Crippen molar-refractivity contribution in [2.24, 2.45) is 5.73 Å². The average Bonchev–Trinajstić information content (AvgIpc) is 2.97. The minimum absolute atomic E-state index is 0.0675. The van der Waals surface area contributed by atoms with E-state index in [1.54, 1.807) is 16.9 Å². The number of nitrogens with zero attached hydrogens (tertiary/aromatic N) is 2. The van der Waals surface area contributed by atoms with Crippen molar-refractivity contribution >= 4 is 5.78 Å². The third-order valence-electron chi connectivity index (χ3n) is 3.71. The van der Waals surface area contributed by atoms with Crippen molar-refractivity contribution in [1.29, 1.82) is 0 Å². The highest BCUT2D eigenvalue weighted by Gasteiger charge is 2.38. The Morgan fingerprint density at radius 2 is 1.90 bits per heavy atom. The van der Waals surface area contributed by atoms with Gasteiger partial charge in [0.2, 0.25) is 5.78 Å². The lowest BCUT2D eigenvalue weighted by molar-refractivity contribution is 0.0443. The topological polar surface area (TPSA) is 70.1 Å². The molecule has 1 aliphatic heterocycles. The molecule has 20 heavy (non-hydrogen) atoms. The van der Waals surface area contributed by atoms with Crippen molar-refractivity contribution in [3.8, 4) is 5.69 Å². The zero-order valence-electron chi connectivity index (χ0n) is 11.2. The monoisotopic (exact) mass is 271 g/mol. The molecule has 104 valence electrons. The molecule has 0 bridgehead atoms. The number of nitrogens with two attached hydrogens (primary N) is 1. The van der Waals surface area contributed by atoms with Crippen molar-refractivity contribution in [2.45, 2.75) is 18.4 Å². The van der Waals surface area contributed by atoms with E-state index >= 15 is 0 Å². The molecule has 0 radical (unpaired) electrons. The zero-order chi connectivity index (χ0) is 14.0. The SMILES string of the molecule is NC1(C(=O)c2ccnn2-c2ccccc2)CCOCC1. The van der Waals surface area contributed by atoms with Crippen molar-refractivity contribution < 1.29 is 9.53 Å². The summed E-state index contributed by atoms with van der Waals surface area (Å²) in [7, 11) is 0. The van der Waals surface area contributed by atoms with Crippen LogP contribution in [-0.2, 0) is 4.74 Å². The molecular formula is C15H17N3O2. The van der Waals surface area contributed by atoms with Crippen LogP contribution in [0.15, 0.2) is 42.6 Å². The molecule has 0 amide bonds. The number of para-hydroxylation sites is 1. The Bertz CT molecular complexity index is 601. The molecule has 0 saturated carbocycles. The number of hydrogen-bond acceptors (Lipinski definition) is 4. The highest BCUT2D eigenvalue weighted by atomic mass is 16.5. The summed E-state index contributed by atoms with van der Waals surface area (Å²) < 4.78 is 6.94. The van der Waals surface area contributed by atoms with E-state index in [0.717, 1.165) is 5.69 Å². The lowest BCUT2D eigenvalue weighted by Crippen LogP contribution is -2.52. The van der Waals surface area contributed by atoms with Crippen LogP contribution in [0.5, 0.6) is 0 Å².